The third kappa shape index (κ3) is 3.51. The molecular weight excluding hydrogens is 316 g/mol. The first kappa shape index (κ1) is 16.1. The summed E-state index contributed by atoms with van der Waals surface area (Å²) in [6, 6.07) is 5.77. The van der Waals surface area contributed by atoms with Gasteiger partial charge in [0.25, 0.3) is 5.91 Å². The maximum atomic E-state index is 12.4. The van der Waals surface area contributed by atoms with Crippen molar-refractivity contribution in [3.8, 4) is 0 Å². The molecule has 4 rings (SSSR count). The third-order valence-electron chi connectivity index (χ3n) is 5.00. The molecule has 7 nitrogen and oxygen atoms in total. The van der Waals surface area contributed by atoms with E-state index in [4.69, 9.17) is 0 Å². The van der Waals surface area contributed by atoms with Crippen LogP contribution in [0.5, 0.6) is 0 Å². The summed E-state index contributed by atoms with van der Waals surface area (Å²) in [7, 11) is 4.04. The van der Waals surface area contributed by atoms with Gasteiger partial charge in [0.15, 0.2) is 5.69 Å². The number of hydrogen-bond acceptors (Lipinski definition) is 5. The lowest BCUT2D eigenvalue weighted by Crippen LogP contribution is -2.44. The minimum absolute atomic E-state index is 0.206. The van der Waals surface area contributed by atoms with Crippen molar-refractivity contribution < 1.29 is 4.79 Å². The van der Waals surface area contributed by atoms with E-state index < -0.39 is 0 Å². The second-order valence-corrected chi connectivity index (χ2v) is 7.00. The Bertz CT molecular complexity index is 756. The average Bonchev–Trinajstić information content (AvgIpc) is 3.38. The lowest BCUT2D eigenvalue weighted by molar-refractivity contribution is 0.102. The highest BCUT2D eigenvalue weighted by Crippen LogP contribution is 2.39. The molecule has 2 aliphatic rings. The molecule has 0 bridgehead atoms. The molecule has 2 aromatic rings. The molecular formula is C18H24N6O. The zero-order valence-corrected chi connectivity index (χ0v) is 14.8. The van der Waals surface area contributed by atoms with Crippen LogP contribution in [-0.4, -0.2) is 58.8 Å². The van der Waals surface area contributed by atoms with Gasteiger partial charge in [0.2, 0.25) is 0 Å². The molecule has 25 heavy (non-hydrogen) atoms. The Balaban J connectivity index is 1.40. The fraction of sp³-hybridized carbons (Fsp3) is 0.500. The Morgan fingerprint density at radius 1 is 1.16 bits per heavy atom. The Kier molecular flexibility index (Phi) is 4.17. The number of aromatic nitrogens is 3. The van der Waals surface area contributed by atoms with Crippen molar-refractivity contribution in [1.82, 2.24) is 19.7 Å². The summed E-state index contributed by atoms with van der Waals surface area (Å²) >= 11 is 0. The first-order valence-corrected chi connectivity index (χ1v) is 8.85. The van der Waals surface area contributed by atoms with Crippen molar-refractivity contribution in [2.24, 2.45) is 7.05 Å². The van der Waals surface area contributed by atoms with Gasteiger partial charge in [-0.2, -0.15) is 5.10 Å². The van der Waals surface area contributed by atoms with Crippen LogP contribution in [0.1, 0.15) is 34.9 Å². The number of likely N-dealkylation sites (N-methyl/N-ethyl adjacent to an activating group) is 1. The van der Waals surface area contributed by atoms with Crippen LogP contribution < -0.4 is 10.2 Å². The van der Waals surface area contributed by atoms with Crippen LogP contribution in [0.25, 0.3) is 0 Å². The van der Waals surface area contributed by atoms with Crippen LogP contribution >= 0.6 is 0 Å². The topological polar surface area (TPSA) is 66.3 Å². The van der Waals surface area contributed by atoms with E-state index >= 15 is 0 Å². The Morgan fingerprint density at radius 2 is 1.92 bits per heavy atom. The predicted molar refractivity (Wildman–Crippen MR) is 97.1 cm³/mol. The summed E-state index contributed by atoms with van der Waals surface area (Å²) in [5.74, 6) is 0.920. The van der Waals surface area contributed by atoms with Crippen LogP contribution in [0.15, 0.2) is 24.4 Å². The number of carbonyl (C=O) groups excluding carboxylic acids is 1. The number of nitrogens with zero attached hydrogens (tertiary/aromatic N) is 5. The zero-order chi connectivity index (χ0) is 17.4. The Labute approximate surface area is 147 Å². The van der Waals surface area contributed by atoms with E-state index in [1.165, 1.54) is 12.8 Å². The molecule has 7 heteroatoms. The summed E-state index contributed by atoms with van der Waals surface area (Å²) in [6.07, 6.45) is 4.21. The van der Waals surface area contributed by atoms with Gasteiger partial charge in [0.1, 0.15) is 5.82 Å². The van der Waals surface area contributed by atoms with Gasteiger partial charge in [-0.15, -0.1) is 0 Å². The summed E-state index contributed by atoms with van der Waals surface area (Å²) in [6.45, 7) is 4.12. The number of piperazine rings is 1. The number of pyridine rings is 1. The van der Waals surface area contributed by atoms with Crippen molar-refractivity contribution in [2.75, 3.05) is 43.4 Å². The van der Waals surface area contributed by atoms with Crippen LogP contribution in [0.3, 0.4) is 0 Å². The van der Waals surface area contributed by atoms with E-state index in [0.29, 0.717) is 17.4 Å². The van der Waals surface area contributed by atoms with Gasteiger partial charge in [-0.3, -0.25) is 9.48 Å². The normalized spacial score (nSPS) is 18.4. The molecule has 3 heterocycles. The van der Waals surface area contributed by atoms with Gasteiger partial charge in [-0.1, -0.05) is 0 Å². The number of nitrogens with one attached hydrogen (secondary N) is 1. The average molecular weight is 340 g/mol. The molecule has 1 saturated carbocycles. The monoisotopic (exact) mass is 340 g/mol. The molecule has 1 aliphatic carbocycles. The second-order valence-electron chi connectivity index (χ2n) is 7.00. The number of amides is 1. The smallest absolute Gasteiger partial charge is 0.277 e. The van der Waals surface area contributed by atoms with Gasteiger partial charge in [-0.05, 0) is 38.1 Å². The lowest BCUT2D eigenvalue weighted by Gasteiger charge is -2.33. The first-order valence-electron chi connectivity index (χ1n) is 8.85. The van der Waals surface area contributed by atoms with Crippen LogP contribution in [0.2, 0.25) is 0 Å². The summed E-state index contributed by atoms with van der Waals surface area (Å²) in [5, 5.41) is 7.17. The van der Waals surface area contributed by atoms with Gasteiger partial charge in [0, 0.05) is 44.8 Å². The molecule has 0 aromatic carbocycles. The molecule has 2 aromatic heterocycles. The molecule has 1 aliphatic heterocycles. The third-order valence-corrected chi connectivity index (χ3v) is 5.00. The predicted octanol–water partition coefficient (Wildman–Crippen LogP) is 1.70. The molecule has 0 radical (unpaired) electrons. The molecule has 0 atom stereocenters. The molecule has 1 saturated heterocycles. The number of hydrogen-bond donors (Lipinski definition) is 1. The van der Waals surface area contributed by atoms with E-state index in [9.17, 15) is 4.79 Å². The quantitative estimate of drug-likeness (QED) is 0.918. The maximum Gasteiger partial charge on any atom is 0.277 e. The molecule has 0 unspecified atom stereocenters. The molecule has 1 amide bonds. The van der Waals surface area contributed by atoms with Crippen molar-refractivity contribution in [3.63, 3.8) is 0 Å². The van der Waals surface area contributed by atoms with Gasteiger partial charge >= 0.3 is 0 Å². The van der Waals surface area contributed by atoms with E-state index in [1.54, 1.807) is 0 Å². The Hall–Kier alpha value is -2.41. The van der Waals surface area contributed by atoms with Crippen LogP contribution in [-0.2, 0) is 7.05 Å². The molecule has 132 valence electrons. The van der Waals surface area contributed by atoms with Crippen LogP contribution in [0, 0.1) is 0 Å². The maximum absolute atomic E-state index is 12.4. The van der Waals surface area contributed by atoms with Gasteiger partial charge in [-0.25, -0.2) is 4.98 Å². The number of anilines is 2. The number of aryl methyl sites for hydroxylation is 1. The van der Waals surface area contributed by atoms with E-state index in [0.717, 1.165) is 37.6 Å². The lowest BCUT2D eigenvalue weighted by atomic mass is 10.2. The van der Waals surface area contributed by atoms with Crippen molar-refractivity contribution in [1.29, 1.82) is 0 Å². The van der Waals surface area contributed by atoms with E-state index in [1.807, 2.05) is 36.1 Å². The van der Waals surface area contributed by atoms with Crippen molar-refractivity contribution in [2.45, 2.75) is 18.8 Å². The SMILES string of the molecule is CN1CCN(c2ccc(NC(=O)c3cc(C4CC4)n(C)n3)nc2)CC1. The number of rotatable bonds is 4. The largest absolute Gasteiger partial charge is 0.368 e. The fourth-order valence-electron chi connectivity index (χ4n) is 3.25. The summed E-state index contributed by atoms with van der Waals surface area (Å²) < 4.78 is 1.82. The van der Waals surface area contributed by atoms with E-state index in [-0.39, 0.29) is 5.91 Å². The highest BCUT2D eigenvalue weighted by molar-refractivity contribution is 6.02. The standard InChI is InChI=1S/C18H24N6O/c1-22-7-9-24(10-8-22)14-5-6-17(19-12-14)20-18(25)15-11-16(13-3-4-13)23(2)21-15/h5-6,11-13H,3-4,7-10H2,1-2H3,(H,19,20,25). The van der Waals surface area contributed by atoms with Crippen LogP contribution in [0.4, 0.5) is 11.5 Å². The Morgan fingerprint density at radius 3 is 2.56 bits per heavy atom. The zero-order valence-electron chi connectivity index (χ0n) is 14.8. The molecule has 2 fully saturated rings. The highest BCUT2D eigenvalue weighted by atomic mass is 16.2. The van der Waals surface area contributed by atoms with E-state index in [2.05, 4.69) is 32.2 Å². The molecule has 1 N–H and O–H groups in total. The minimum Gasteiger partial charge on any atom is -0.368 e. The summed E-state index contributed by atoms with van der Waals surface area (Å²) in [4.78, 5) is 21.4. The van der Waals surface area contributed by atoms with Crippen molar-refractivity contribution in [3.05, 3.63) is 35.8 Å². The van der Waals surface area contributed by atoms with Gasteiger partial charge in [0.05, 0.1) is 11.9 Å². The van der Waals surface area contributed by atoms with Gasteiger partial charge < -0.3 is 15.1 Å². The highest BCUT2D eigenvalue weighted by Gasteiger charge is 2.28. The minimum atomic E-state index is -0.206. The molecule has 0 spiro atoms. The summed E-state index contributed by atoms with van der Waals surface area (Å²) in [5.41, 5.74) is 2.69. The first-order chi connectivity index (χ1) is 12.1. The fourth-order valence-corrected chi connectivity index (χ4v) is 3.25. The number of carbonyl (C=O) groups is 1. The second kappa shape index (κ2) is 6.48. The van der Waals surface area contributed by atoms with Crippen molar-refractivity contribution >= 4 is 17.4 Å².